The second-order valence-corrected chi connectivity index (χ2v) is 3.93. The zero-order chi connectivity index (χ0) is 9.97. The molecular formula is C10H17N3O. The van der Waals surface area contributed by atoms with Gasteiger partial charge < -0.3 is 5.32 Å². The van der Waals surface area contributed by atoms with Gasteiger partial charge in [-0.1, -0.05) is 19.3 Å². The number of anilines is 1. The Balaban J connectivity index is 2.18. The summed E-state index contributed by atoms with van der Waals surface area (Å²) in [7, 11) is 1.77. The lowest BCUT2D eigenvalue weighted by Gasteiger charge is -2.22. The molecule has 1 fully saturated rings. The van der Waals surface area contributed by atoms with Crippen molar-refractivity contribution in [2.24, 2.45) is 0 Å². The second-order valence-electron chi connectivity index (χ2n) is 3.93. The van der Waals surface area contributed by atoms with Crippen LogP contribution < -0.4 is 10.9 Å². The fourth-order valence-electron chi connectivity index (χ4n) is 2.14. The predicted octanol–water partition coefficient (Wildman–Crippen LogP) is 1.72. The van der Waals surface area contributed by atoms with Crippen LogP contribution in [0, 0.1) is 0 Å². The zero-order valence-corrected chi connectivity index (χ0v) is 8.55. The van der Waals surface area contributed by atoms with E-state index in [1.165, 1.54) is 32.1 Å². The average Bonchev–Trinajstić information content (AvgIpc) is 2.61. The molecule has 1 aromatic rings. The first-order valence-corrected chi connectivity index (χ1v) is 5.30. The summed E-state index contributed by atoms with van der Waals surface area (Å²) in [6, 6.07) is 0.499. The third kappa shape index (κ3) is 1.69. The maximum Gasteiger partial charge on any atom is 0.287 e. The second kappa shape index (κ2) is 3.90. The molecule has 0 atom stereocenters. The van der Waals surface area contributed by atoms with Gasteiger partial charge in [0, 0.05) is 13.1 Å². The van der Waals surface area contributed by atoms with Gasteiger partial charge in [0.15, 0.2) is 0 Å². The van der Waals surface area contributed by atoms with Gasteiger partial charge in [-0.05, 0) is 12.8 Å². The van der Waals surface area contributed by atoms with Gasteiger partial charge in [-0.25, -0.2) is 0 Å². The first kappa shape index (κ1) is 9.37. The average molecular weight is 195 g/mol. The van der Waals surface area contributed by atoms with Gasteiger partial charge in [0.05, 0.1) is 6.20 Å². The van der Waals surface area contributed by atoms with E-state index in [2.05, 4.69) is 10.4 Å². The number of nitrogens with one attached hydrogen (secondary N) is 2. The highest BCUT2D eigenvalue weighted by Gasteiger charge is 2.16. The molecule has 14 heavy (non-hydrogen) atoms. The molecule has 0 bridgehead atoms. The maximum absolute atomic E-state index is 11.4. The molecule has 0 amide bonds. The van der Waals surface area contributed by atoms with Crippen molar-refractivity contribution in [1.82, 2.24) is 9.78 Å². The van der Waals surface area contributed by atoms with E-state index in [4.69, 9.17) is 0 Å². The van der Waals surface area contributed by atoms with Crippen molar-refractivity contribution < 1.29 is 0 Å². The van der Waals surface area contributed by atoms with Crippen molar-refractivity contribution in [2.75, 3.05) is 12.4 Å². The van der Waals surface area contributed by atoms with Crippen LogP contribution in [0.2, 0.25) is 0 Å². The van der Waals surface area contributed by atoms with Gasteiger partial charge in [-0.2, -0.15) is 0 Å². The number of nitrogens with zero attached hydrogens (tertiary/aromatic N) is 1. The number of hydrogen-bond donors (Lipinski definition) is 2. The summed E-state index contributed by atoms with van der Waals surface area (Å²) in [5.74, 6) is 0. The van der Waals surface area contributed by atoms with Crippen LogP contribution in [0.3, 0.4) is 0 Å². The van der Waals surface area contributed by atoms with Gasteiger partial charge in [-0.15, -0.1) is 0 Å². The smallest absolute Gasteiger partial charge is 0.287 e. The van der Waals surface area contributed by atoms with Gasteiger partial charge in [0.2, 0.25) is 0 Å². The summed E-state index contributed by atoms with van der Waals surface area (Å²) in [6.45, 7) is 0. The molecule has 0 radical (unpaired) electrons. The van der Waals surface area contributed by atoms with Crippen molar-refractivity contribution >= 4 is 5.69 Å². The molecule has 1 saturated carbocycles. The summed E-state index contributed by atoms with van der Waals surface area (Å²) in [5, 5.41) is 5.75. The molecule has 0 spiro atoms. The minimum Gasteiger partial charge on any atom is -0.382 e. The third-order valence-corrected chi connectivity index (χ3v) is 2.98. The lowest BCUT2D eigenvalue weighted by Crippen LogP contribution is -2.15. The van der Waals surface area contributed by atoms with E-state index >= 15 is 0 Å². The van der Waals surface area contributed by atoms with E-state index in [9.17, 15) is 4.79 Å². The molecule has 0 unspecified atom stereocenters. The van der Waals surface area contributed by atoms with E-state index in [0.717, 1.165) is 0 Å². The predicted molar refractivity (Wildman–Crippen MR) is 56.7 cm³/mol. The largest absolute Gasteiger partial charge is 0.382 e. The quantitative estimate of drug-likeness (QED) is 0.755. The first-order valence-electron chi connectivity index (χ1n) is 5.30. The van der Waals surface area contributed by atoms with E-state index in [-0.39, 0.29) is 5.56 Å². The normalized spacial score (nSPS) is 18.4. The number of aromatic amines is 1. The Hall–Kier alpha value is -1.19. The van der Waals surface area contributed by atoms with Crippen LogP contribution in [0.15, 0.2) is 11.0 Å². The Kier molecular flexibility index (Phi) is 2.61. The van der Waals surface area contributed by atoms with E-state index in [1.807, 2.05) is 10.9 Å². The minimum absolute atomic E-state index is 0.0157. The van der Waals surface area contributed by atoms with Gasteiger partial charge in [0.25, 0.3) is 5.56 Å². The van der Waals surface area contributed by atoms with Crippen molar-refractivity contribution in [1.29, 1.82) is 0 Å². The van der Waals surface area contributed by atoms with Crippen LogP contribution in [0.1, 0.15) is 38.1 Å². The van der Waals surface area contributed by atoms with Crippen molar-refractivity contribution in [3.63, 3.8) is 0 Å². The molecular weight excluding hydrogens is 178 g/mol. The van der Waals surface area contributed by atoms with Crippen molar-refractivity contribution in [2.45, 2.75) is 38.1 Å². The van der Waals surface area contributed by atoms with Crippen LogP contribution in [-0.4, -0.2) is 16.8 Å². The fourth-order valence-corrected chi connectivity index (χ4v) is 2.14. The molecule has 1 aliphatic rings. The molecule has 4 heteroatoms. The fraction of sp³-hybridized carbons (Fsp3) is 0.700. The van der Waals surface area contributed by atoms with Crippen LogP contribution in [0.5, 0.6) is 0 Å². The van der Waals surface area contributed by atoms with Crippen LogP contribution in [0.4, 0.5) is 5.69 Å². The molecule has 0 aromatic carbocycles. The molecule has 0 aliphatic heterocycles. The topological polar surface area (TPSA) is 49.8 Å². The third-order valence-electron chi connectivity index (χ3n) is 2.98. The van der Waals surface area contributed by atoms with Gasteiger partial charge in [0.1, 0.15) is 5.69 Å². The molecule has 1 aliphatic carbocycles. The molecule has 2 N–H and O–H groups in total. The van der Waals surface area contributed by atoms with E-state index < -0.39 is 0 Å². The lowest BCUT2D eigenvalue weighted by molar-refractivity contribution is 0.328. The highest BCUT2D eigenvalue weighted by molar-refractivity contribution is 5.37. The summed E-state index contributed by atoms with van der Waals surface area (Å²) in [5.41, 5.74) is 0.647. The molecule has 1 aromatic heterocycles. The first-order chi connectivity index (χ1) is 6.81. The van der Waals surface area contributed by atoms with E-state index in [0.29, 0.717) is 11.7 Å². The summed E-state index contributed by atoms with van der Waals surface area (Å²) < 4.78 is 1.97. The molecule has 2 rings (SSSR count). The minimum atomic E-state index is -0.0157. The Morgan fingerprint density at radius 2 is 2.14 bits per heavy atom. The summed E-state index contributed by atoms with van der Waals surface area (Å²) in [4.78, 5) is 11.4. The number of H-pyrrole nitrogens is 1. The van der Waals surface area contributed by atoms with E-state index in [1.54, 1.807) is 7.05 Å². The molecule has 0 saturated heterocycles. The van der Waals surface area contributed by atoms with Gasteiger partial charge >= 0.3 is 0 Å². The van der Waals surface area contributed by atoms with Crippen molar-refractivity contribution in [3.8, 4) is 0 Å². The number of rotatable bonds is 2. The Labute approximate surface area is 83.3 Å². The van der Waals surface area contributed by atoms with Crippen LogP contribution in [0.25, 0.3) is 0 Å². The Morgan fingerprint density at radius 3 is 2.71 bits per heavy atom. The van der Waals surface area contributed by atoms with Crippen molar-refractivity contribution in [3.05, 3.63) is 16.6 Å². The molecule has 4 nitrogen and oxygen atoms in total. The zero-order valence-electron chi connectivity index (χ0n) is 8.55. The molecule has 1 heterocycles. The highest BCUT2D eigenvalue weighted by atomic mass is 16.1. The lowest BCUT2D eigenvalue weighted by atomic mass is 9.96. The maximum atomic E-state index is 11.4. The molecule has 78 valence electrons. The summed E-state index contributed by atoms with van der Waals surface area (Å²) in [6.07, 6.45) is 8.15. The van der Waals surface area contributed by atoms with Crippen LogP contribution in [-0.2, 0) is 0 Å². The Morgan fingerprint density at radius 1 is 1.43 bits per heavy atom. The Bertz CT molecular complexity index is 346. The monoisotopic (exact) mass is 195 g/mol. The SMILES string of the molecule is CNc1cn(C2CCCCC2)[nH]c1=O. The number of aromatic nitrogens is 2. The van der Waals surface area contributed by atoms with Gasteiger partial charge in [-0.3, -0.25) is 14.6 Å². The van der Waals surface area contributed by atoms with Crippen LogP contribution >= 0.6 is 0 Å². The summed E-state index contributed by atoms with van der Waals surface area (Å²) >= 11 is 0. The standard InChI is InChI=1S/C10H17N3O/c1-11-9-7-13(12-10(9)14)8-5-3-2-4-6-8/h7-8,11H,2-6H2,1H3,(H,12,14). The number of hydrogen-bond acceptors (Lipinski definition) is 2. The highest BCUT2D eigenvalue weighted by Crippen LogP contribution is 2.27.